The van der Waals surface area contributed by atoms with Crippen molar-refractivity contribution < 1.29 is 13.6 Å². The highest BCUT2D eigenvalue weighted by atomic mass is 19.3. The number of halogens is 2. The van der Waals surface area contributed by atoms with E-state index in [1.165, 1.54) is 0 Å². The van der Waals surface area contributed by atoms with Gasteiger partial charge in [-0.05, 0) is 55.5 Å². The Morgan fingerprint density at radius 3 is 2.66 bits per heavy atom. The van der Waals surface area contributed by atoms with E-state index in [0.29, 0.717) is 65.6 Å². The molecule has 0 spiro atoms. The van der Waals surface area contributed by atoms with Gasteiger partial charge in [0, 0.05) is 80.8 Å². The molecule has 1 unspecified atom stereocenters. The first-order valence-electron chi connectivity index (χ1n) is 13.9. The third-order valence-corrected chi connectivity index (χ3v) is 8.37. The van der Waals surface area contributed by atoms with Crippen LogP contribution in [0.4, 0.5) is 26.1 Å². The summed E-state index contributed by atoms with van der Waals surface area (Å²) in [7, 11) is 5.14. The molecule has 0 radical (unpaired) electrons. The first-order chi connectivity index (χ1) is 19.7. The van der Waals surface area contributed by atoms with Crippen LogP contribution in [-0.4, -0.2) is 51.9 Å². The Balaban J connectivity index is 1.53. The molecule has 0 aliphatic carbocycles. The summed E-state index contributed by atoms with van der Waals surface area (Å²) in [6, 6.07) is 7.19. The van der Waals surface area contributed by atoms with Crippen LogP contribution in [0.15, 0.2) is 41.5 Å². The number of fused-ring (bicyclic) bond motifs is 2. The Hall–Kier alpha value is -4.28. The van der Waals surface area contributed by atoms with Crippen molar-refractivity contribution in [3.63, 3.8) is 0 Å². The number of anilines is 3. The normalized spacial score (nSPS) is 17.0. The van der Waals surface area contributed by atoms with Crippen molar-refractivity contribution >= 4 is 34.1 Å². The van der Waals surface area contributed by atoms with Crippen molar-refractivity contribution in [3.05, 3.63) is 63.7 Å². The molecule has 1 amide bonds. The molecule has 11 heteroatoms. The van der Waals surface area contributed by atoms with Gasteiger partial charge in [0.1, 0.15) is 11.6 Å². The maximum absolute atomic E-state index is 14.5. The van der Waals surface area contributed by atoms with Crippen LogP contribution in [0.1, 0.15) is 36.0 Å². The highest BCUT2D eigenvalue weighted by molar-refractivity contribution is 5.95. The number of nitrogens with one attached hydrogen (secondary N) is 1. The van der Waals surface area contributed by atoms with E-state index in [1.807, 2.05) is 23.1 Å². The monoisotopic (exact) mass is 561 g/mol. The van der Waals surface area contributed by atoms with Crippen LogP contribution in [0, 0.1) is 12.8 Å². The number of pyridine rings is 2. The Bertz CT molecular complexity index is 1730. The van der Waals surface area contributed by atoms with E-state index in [4.69, 9.17) is 4.98 Å². The van der Waals surface area contributed by atoms with E-state index in [2.05, 4.69) is 15.3 Å². The summed E-state index contributed by atoms with van der Waals surface area (Å²) in [4.78, 5) is 34.5. The molecule has 3 aromatic heterocycles. The van der Waals surface area contributed by atoms with E-state index >= 15 is 0 Å². The van der Waals surface area contributed by atoms with Crippen LogP contribution < -0.4 is 20.7 Å². The second kappa shape index (κ2) is 10.3. The minimum atomic E-state index is -2.68. The minimum absolute atomic E-state index is 0.00885. The number of carbonyl (C=O) groups excluding carboxylic acids is 1. The lowest BCUT2D eigenvalue weighted by Crippen LogP contribution is -2.31. The summed E-state index contributed by atoms with van der Waals surface area (Å²) in [5, 5.41) is 7.70. The molecule has 1 saturated heterocycles. The maximum atomic E-state index is 14.5. The fraction of sp³-hybridized carbons (Fsp3) is 0.400. The fourth-order valence-electron chi connectivity index (χ4n) is 6.20. The average Bonchev–Trinajstić information content (AvgIpc) is 3.64. The SMILES string of the molecule is CNC(=O)C1CCN(c2cc3c(cc(C)c(=O)n3C)c(N3CCCc4cc(-c5cnn(C)c5)c(C(F)F)cc43)n2)C1. The number of aryl methyl sites for hydroxylation is 4. The molecule has 5 heterocycles. The summed E-state index contributed by atoms with van der Waals surface area (Å²) >= 11 is 0. The van der Waals surface area contributed by atoms with E-state index in [0.717, 1.165) is 23.8 Å². The van der Waals surface area contributed by atoms with Crippen LogP contribution in [0.3, 0.4) is 0 Å². The Kier molecular flexibility index (Phi) is 6.75. The molecule has 214 valence electrons. The van der Waals surface area contributed by atoms with Crippen LogP contribution in [-0.2, 0) is 25.3 Å². The lowest BCUT2D eigenvalue weighted by Gasteiger charge is -2.33. The Morgan fingerprint density at radius 2 is 1.95 bits per heavy atom. The third kappa shape index (κ3) is 4.62. The van der Waals surface area contributed by atoms with Gasteiger partial charge in [-0.3, -0.25) is 14.3 Å². The Morgan fingerprint density at radius 1 is 1.15 bits per heavy atom. The fourth-order valence-corrected chi connectivity index (χ4v) is 6.20. The van der Waals surface area contributed by atoms with Gasteiger partial charge in [-0.25, -0.2) is 13.8 Å². The zero-order chi connectivity index (χ0) is 29.0. The molecular formula is C30H33F2N7O2. The largest absolute Gasteiger partial charge is 0.359 e. The standard InChI is InChI=1S/C30H33F2N7O2/c1-17-10-23-25(37(4)30(17)41)13-26(38-9-7-19(16-38)29(40)33-2)35-28(23)39-8-5-6-18-11-21(20-14-34-36(3)15-20)22(27(31)32)12-24(18)39/h10-15,19,27H,5-9,16H2,1-4H3,(H,33,40). The number of carbonyl (C=O) groups is 1. The summed E-state index contributed by atoms with van der Waals surface area (Å²) in [6.45, 7) is 3.53. The molecule has 6 rings (SSSR count). The molecule has 2 aliphatic rings. The van der Waals surface area contributed by atoms with Gasteiger partial charge in [-0.2, -0.15) is 5.10 Å². The molecule has 41 heavy (non-hydrogen) atoms. The first kappa shape index (κ1) is 26.9. The zero-order valence-electron chi connectivity index (χ0n) is 23.6. The number of amides is 1. The number of hydrogen-bond acceptors (Lipinski definition) is 6. The van der Waals surface area contributed by atoms with Gasteiger partial charge in [0.25, 0.3) is 12.0 Å². The third-order valence-electron chi connectivity index (χ3n) is 8.37. The van der Waals surface area contributed by atoms with Gasteiger partial charge in [0.2, 0.25) is 5.91 Å². The van der Waals surface area contributed by atoms with Crippen molar-refractivity contribution in [2.75, 3.05) is 36.5 Å². The smallest absolute Gasteiger partial charge is 0.264 e. The van der Waals surface area contributed by atoms with Crippen molar-refractivity contribution in [3.8, 4) is 11.1 Å². The van der Waals surface area contributed by atoms with Crippen LogP contribution in [0.5, 0.6) is 0 Å². The molecule has 0 bridgehead atoms. The molecule has 1 atom stereocenters. The van der Waals surface area contributed by atoms with E-state index in [9.17, 15) is 18.4 Å². The topological polar surface area (TPSA) is 88.3 Å². The summed E-state index contributed by atoms with van der Waals surface area (Å²) < 4.78 is 32.2. The lowest BCUT2D eigenvalue weighted by molar-refractivity contribution is -0.123. The van der Waals surface area contributed by atoms with Crippen molar-refractivity contribution in [2.24, 2.45) is 20.0 Å². The van der Waals surface area contributed by atoms with E-state index < -0.39 is 6.43 Å². The second-order valence-corrected chi connectivity index (χ2v) is 11.0. The highest BCUT2D eigenvalue weighted by Crippen LogP contribution is 2.43. The lowest BCUT2D eigenvalue weighted by atomic mass is 9.93. The summed E-state index contributed by atoms with van der Waals surface area (Å²) in [6.07, 6.45) is 2.94. The maximum Gasteiger partial charge on any atom is 0.264 e. The van der Waals surface area contributed by atoms with Gasteiger partial charge in [0.05, 0.1) is 17.6 Å². The van der Waals surface area contributed by atoms with Gasteiger partial charge in [0.15, 0.2) is 0 Å². The van der Waals surface area contributed by atoms with Crippen molar-refractivity contribution in [1.82, 2.24) is 24.6 Å². The molecule has 9 nitrogen and oxygen atoms in total. The molecule has 1 fully saturated rings. The number of nitrogens with zero attached hydrogens (tertiary/aromatic N) is 6. The predicted molar refractivity (Wildman–Crippen MR) is 155 cm³/mol. The molecular weight excluding hydrogens is 528 g/mol. The molecule has 1 N–H and O–H groups in total. The quantitative estimate of drug-likeness (QED) is 0.392. The number of benzene rings is 1. The van der Waals surface area contributed by atoms with Crippen LogP contribution in [0.25, 0.3) is 22.0 Å². The highest BCUT2D eigenvalue weighted by Gasteiger charge is 2.31. The molecule has 0 saturated carbocycles. The van der Waals surface area contributed by atoms with E-state index in [1.54, 1.807) is 55.8 Å². The van der Waals surface area contributed by atoms with Gasteiger partial charge in [-0.15, -0.1) is 0 Å². The van der Waals surface area contributed by atoms with Crippen molar-refractivity contribution in [1.29, 1.82) is 0 Å². The van der Waals surface area contributed by atoms with Gasteiger partial charge < -0.3 is 19.7 Å². The van der Waals surface area contributed by atoms with Crippen LogP contribution in [0.2, 0.25) is 0 Å². The predicted octanol–water partition coefficient (Wildman–Crippen LogP) is 4.24. The molecule has 2 aliphatic heterocycles. The number of rotatable bonds is 5. The van der Waals surface area contributed by atoms with Crippen molar-refractivity contribution in [2.45, 2.75) is 32.6 Å². The summed E-state index contributed by atoms with van der Waals surface area (Å²) in [5.41, 5.74) is 3.91. The molecule has 4 aromatic rings. The molecule has 1 aromatic carbocycles. The number of aromatic nitrogens is 4. The Labute approximate surface area is 236 Å². The average molecular weight is 562 g/mol. The van der Waals surface area contributed by atoms with Crippen LogP contribution >= 0.6 is 0 Å². The number of hydrogen-bond donors (Lipinski definition) is 1. The summed E-state index contributed by atoms with van der Waals surface area (Å²) in [5.74, 6) is 1.12. The number of alkyl halides is 2. The minimum Gasteiger partial charge on any atom is -0.359 e. The first-order valence-corrected chi connectivity index (χ1v) is 13.9. The zero-order valence-corrected chi connectivity index (χ0v) is 23.6. The van der Waals surface area contributed by atoms with E-state index in [-0.39, 0.29) is 22.9 Å². The van der Waals surface area contributed by atoms with Gasteiger partial charge in [-0.1, -0.05) is 0 Å². The second-order valence-electron chi connectivity index (χ2n) is 11.0. The van der Waals surface area contributed by atoms with Gasteiger partial charge >= 0.3 is 0 Å².